The fraction of sp³-hybridized carbons (Fsp3) is 0.273. The number of amides is 1. The fourth-order valence-corrected chi connectivity index (χ4v) is 5.27. The molecule has 160 valence electrons. The molecule has 0 unspecified atom stereocenters. The molecule has 4 rings (SSSR count). The van der Waals surface area contributed by atoms with Gasteiger partial charge in [0.05, 0.1) is 17.4 Å². The molecule has 31 heavy (non-hydrogen) atoms. The van der Waals surface area contributed by atoms with Gasteiger partial charge in [0.25, 0.3) is 5.56 Å². The molecule has 0 saturated carbocycles. The van der Waals surface area contributed by atoms with Gasteiger partial charge in [-0.3, -0.25) is 14.2 Å². The first-order chi connectivity index (χ1) is 14.8. The van der Waals surface area contributed by atoms with Crippen molar-refractivity contribution in [3.8, 4) is 0 Å². The van der Waals surface area contributed by atoms with Crippen molar-refractivity contribution in [3.05, 3.63) is 73.3 Å². The number of thiophene rings is 1. The van der Waals surface area contributed by atoms with Gasteiger partial charge in [-0.15, -0.1) is 22.7 Å². The van der Waals surface area contributed by atoms with Crippen LogP contribution in [0.5, 0.6) is 0 Å². The molecule has 0 aliphatic rings. The zero-order chi connectivity index (χ0) is 22.1. The standard InChI is InChI=1S/C22H21FN4O2S2/c1-12-14(3)30-20-19(12)21(29)27(11-24-20)9-8-18(28)26-22-25-13(2)17(31-22)10-15-4-6-16(23)7-5-15/h4-7,11H,8-10H2,1-3H3,(H,25,26,28). The highest BCUT2D eigenvalue weighted by Crippen LogP contribution is 2.26. The molecule has 0 atom stereocenters. The van der Waals surface area contributed by atoms with Crippen LogP contribution in [0.3, 0.4) is 0 Å². The third-order valence-electron chi connectivity index (χ3n) is 5.15. The highest BCUT2D eigenvalue weighted by Gasteiger charge is 2.14. The molecule has 6 nitrogen and oxygen atoms in total. The van der Waals surface area contributed by atoms with Crippen LogP contribution in [0.15, 0.2) is 35.4 Å². The number of aryl methyl sites for hydroxylation is 4. The summed E-state index contributed by atoms with van der Waals surface area (Å²) >= 11 is 2.91. The van der Waals surface area contributed by atoms with E-state index >= 15 is 0 Å². The van der Waals surface area contributed by atoms with Gasteiger partial charge in [0.2, 0.25) is 5.91 Å². The third-order valence-corrected chi connectivity index (χ3v) is 7.34. The molecule has 0 aliphatic carbocycles. The second-order valence-corrected chi connectivity index (χ2v) is 9.62. The van der Waals surface area contributed by atoms with Crippen LogP contribution in [0.25, 0.3) is 10.2 Å². The zero-order valence-corrected chi connectivity index (χ0v) is 19.0. The van der Waals surface area contributed by atoms with Crippen LogP contribution in [0.2, 0.25) is 0 Å². The Kier molecular flexibility index (Phi) is 5.97. The van der Waals surface area contributed by atoms with Crippen molar-refractivity contribution in [2.75, 3.05) is 5.32 Å². The molecular formula is C22H21FN4O2S2. The van der Waals surface area contributed by atoms with Gasteiger partial charge in [-0.1, -0.05) is 12.1 Å². The minimum absolute atomic E-state index is 0.119. The number of carbonyl (C=O) groups is 1. The molecule has 9 heteroatoms. The Hall–Kier alpha value is -2.91. The average molecular weight is 457 g/mol. The van der Waals surface area contributed by atoms with Crippen molar-refractivity contribution >= 4 is 43.9 Å². The van der Waals surface area contributed by atoms with Gasteiger partial charge in [-0.2, -0.15) is 0 Å². The van der Waals surface area contributed by atoms with E-state index in [0.29, 0.717) is 16.9 Å². The largest absolute Gasteiger partial charge is 0.302 e. The van der Waals surface area contributed by atoms with Crippen molar-refractivity contribution in [3.63, 3.8) is 0 Å². The summed E-state index contributed by atoms with van der Waals surface area (Å²) in [6.07, 6.45) is 2.27. The number of thiazole rings is 1. The van der Waals surface area contributed by atoms with E-state index in [1.165, 1.54) is 45.7 Å². The first kappa shape index (κ1) is 21.3. The van der Waals surface area contributed by atoms with Gasteiger partial charge in [-0.05, 0) is 44.0 Å². The monoisotopic (exact) mass is 456 g/mol. The number of anilines is 1. The van der Waals surface area contributed by atoms with E-state index in [2.05, 4.69) is 15.3 Å². The number of aromatic nitrogens is 3. The highest BCUT2D eigenvalue weighted by molar-refractivity contribution is 7.18. The van der Waals surface area contributed by atoms with Crippen LogP contribution >= 0.6 is 22.7 Å². The molecule has 0 spiro atoms. The van der Waals surface area contributed by atoms with Crippen LogP contribution in [0.1, 0.15) is 33.0 Å². The maximum absolute atomic E-state index is 13.1. The van der Waals surface area contributed by atoms with Gasteiger partial charge in [0, 0.05) is 29.1 Å². The molecular weight excluding hydrogens is 435 g/mol. The van der Waals surface area contributed by atoms with Crippen LogP contribution in [0.4, 0.5) is 9.52 Å². The fourth-order valence-electron chi connectivity index (χ4n) is 3.27. The third kappa shape index (κ3) is 4.57. The summed E-state index contributed by atoms with van der Waals surface area (Å²) in [6, 6.07) is 6.35. The molecule has 1 N–H and O–H groups in total. The Morgan fingerprint density at radius 2 is 1.90 bits per heavy atom. The summed E-state index contributed by atoms with van der Waals surface area (Å²) in [5.41, 5.74) is 2.64. The summed E-state index contributed by atoms with van der Waals surface area (Å²) < 4.78 is 14.6. The second kappa shape index (κ2) is 8.68. The van der Waals surface area contributed by atoms with Crippen LogP contribution in [-0.4, -0.2) is 20.4 Å². The van der Waals surface area contributed by atoms with E-state index in [-0.39, 0.29) is 30.2 Å². The maximum atomic E-state index is 13.1. The van der Waals surface area contributed by atoms with Crippen molar-refractivity contribution in [2.45, 2.75) is 40.2 Å². The number of rotatable bonds is 6. The molecule has 1 aromatic carbocycles. The predicted molar refractivity (Wildman–Crippen MR) is 123 cm³/mol. The number of halogens is 1. The summed E-state index contributed by atoms with van der Waals surface area (Å²) in [6.45, 7) is 6.02. The van der Waals surface area contributed by atoms with E-state index in [9.17, 15) is 14.0 Å². The van der Waals surface area contributed by atoms with E-state index < -0.39 is 0 Å². The lowest BCUT2D eigenvalue weighted by atomic mass is 10.1. The SMILES string of the molecule is Cc1nc(NC(=O)CCn2cnc3sc(C)c(C)c3c2=O)sc1Cc1ccc(F)cc1. The summed E-state index contributed by atoms with van der Waals surface area (Å²) in [5, 5.41) is 3.96. The first-order valence-electron chi connectivity index (χ1n) is 9.77. The number of hydrogen-bond acceptors (Lipinski definition) is 6. The summed E-state index contributed by atoms with van der Waals surface area (Å²) in [4.78, 5) is 36.8. The normalized spacial score (nSPS) is 11.2. The molecule has 0 aliphatic heterocycles. The Balaban J connectivity index is 1.41. The van der Waals surface area contributed by atoms with Crippen molar-refractivity contribution < 1.29 is 9.18 Å². The van der Waals surface area contributed by atoms with Crippen molar-refractivity contribution in [1.82, 2.24) is 14.5 Å². The lowest BCUT2D eigenvalue weighted by Crippen LogP contribution is -2.23. The molecule has 0 saturated heterocycles. The molecule has 0 bridgehead atoms. The Bertz CT molecular complexity index is 1320. The zero-order valence-electron chi connectivity index (χ0n) is 17.4. The lowest BCUT2D eigenvalue weighted by Gasteiger charge is -2.05. The van der Waals surface area contributed by atoms with Gasteiger partial charge in [0.1, 0.15) is 10.6 Å². The number of hydrogen-bond donors (Lipinski definition) is 1. The predicted octanol–water partition coefficient (Wildman–Crippen LogP) is 4.60. The number of nitrogens with one attached hydrogen (secondary N) is 1. The highest BCUT2D eigenvalue weighted by atomic mass is 32.1. The Labute approximate surface area is 186 Å². The van der Waals surface area contributed by atoms with Crippen LogP contribution < -0.4 is 10.9 Å². The summed E-state index contributed by atoms with van der Waals surface area (Å²) in [5.74, 6) is -0.484. The number of benzene rings is 1. The quantitative estimate of drug-likeness (QED) is 0.460. The second-order valence-electron chi connectivity index (χ2n) is 7.34. The van der Waals surface area contributed by atoms with Gasteiger partial charge in [0.15, 0.2) is 5.13 Å². The maximum Gasteiger partial charge on any atom is 0.262 e. The minimum atomic E-state index is -0.268. The van der Waals surface area contributed by atoms with E-state index in [4.69, 9.17) is 0 Å². The van der Waals surface area contributed by atoms with Crippen molar-refractivity contribution in [2.24, 2.45) is 0 Å². The molecule has 1 amide bonds. The van der Waals surface area contributed by atoms with E-state index in [1.54, 1.807) is 12.1 Å². The molecule has 0 radical (unpaired) electrons. The number of nitrogens with zero attached hydrogens (tertiary/aromatic N) is 3. The molecule has 4 aromatic rings. The molecule has 0 fully saturated rings. The lowest BCUT2D eigenvalue weighted by molar-refractivity contribution is -0.116. The van der Waals surface area contributed by atoms with E-state index in [0.717, 1.165) is 31.4 Å². The summed E-state index contributed by atoms with van der Waals surface area (Å²) in [7, 11) is 0. The van der Waals surface area contributed by atoms with E-state index in [1.807, 2.05) is 20.8 Å². The average Bonchev–Trinajstić information content (AvgIpc) is 3.22. The smallest absolute Gasteiger partial charge is 0.262 e. The van der Waals surface area contributed by atoms with Crippen LogP contribution in [0, 0.1) is 26.6 Å². The van der Waals surface area contributed by atoms with Crippen molar-refractivity contribution in [1.29, 1.82) is 0 Å². The Morgan fingerprint density at radius 3 is 2.65 bits per heavy atom. The van der Waals surface area contributed by atoms with Gasteiger partial charge in [-0.25, -0.2) is 14.4 Å². The van der Waals surface area contributed by atoms with Gasteiger partial charge >= 0.3 is 0 Å². The van der Waals surface area contributed by atoms with Gasteiger partial charge < -0.3 is 5.32 Å². The minimum Gasteiger partial charge on any atom is -0.302 e. The first-order valence-corrected chi connectivity index (χ1v) is 11.4. The molecule has 3 aromatic heterocycles. The molecule has 3 heterocycles. The topological polar surface area (TPSA) is 76.9 Å². The van der Waals surface area contributed by atoms with Crippen LogP contribution in [-0.2, 0) is 17.8 Å². The number of carbonyl (C=O) groups excluding carboxylic acids is 1. The Morgan fingerprint density at radius 1 is 1.16 bits per heavy atom. The number of fused-ring (bicyclic) bond motifs is 1.